The van der Waals surface area contributed by atoms with Crippen LogP contribution in [0.5, 0.6) is 0 Å². The van der Waals surface area contributed by atoms with Gasteiger partial charge in [-0.25, -0.2) is 8.78 Å². The molecule has 0 aromatic rings. The molecule has 0 radical (unpaired) electrons. The number of halogens is 2. The second kappa shape index (κ2) is 2.08. The summed E-state index contributed by atoms with van der Waals surface area (Å²) >= 11 is 0. The normalized spacial score (nSPS) is 44.5. The maximum atomic E-state index is 12.6. The minimum Gasteiger partial charge on any atom is -0.327 e. The molecule has 1 spiro atoms. The first kappa shape index (κ1) is 8.16. The van der Waals surface area contributed by atoms with Gasteiger partial charge in [-0.3, -0.25) is 0 Å². The summed E-state index contributed by atoms with van der Waals surface area (Å²) in [6.07, 6.45) is 4.45. The molecule has 0 saturated heterocycles. The van der Waals surface area contributed by atoms with Gasteiger partial charge in [0.1, 0.15) is 0 Å². The molecule has 3 heteroatoms. The van der Waals surface area contributed by atoms with Crippen molar-refractivity contribution in [3.8, 4) is 0 Å². The van der Waals surface area contributed by atoms with Crippen LogP contribution in [0.15, 0.2) is 0 Å². The van der Waals surface area contributed by atoms with Crippen molar-refractivity contribution in [2.24, 2.45) is 23.0 Å². The predicted octanol–water partition coefficient (Wildman–Crippen LogP) is 2.16. The van der Waals surface area contributed by atoms with Crippen LogP contribution in [0.1, 0.15) is 32.1 Å². The molecule has 0 aromatic heterocycles. The Morgan fingerprint density at radius 2 is 1.92 bits per heavy atom. The van der Waals surface area contributed by atoms with Crippen molar-refractivity contribution >= 4 is 0 Å². The SMILES string of the molecule is NC(CC1CC1(F)F)C1CC12CC2. The molecular weight excluding hydrogens is 172 g/mol. The highest BCUT2D eigenvalue weighted by Crippen LogP contribution is 2.72. The van der Waals surface area contributed by atoms with Crippen LogP contribution >= 0.6 is 0 Å². The molecule has 0 heterocycles. The van der Waals surface area contributed by atoms with Crippen LogP contribution in [0, 0.1) is 17.3 Å². The molecule has 13 heavy (non-hydrogen) atoms. The van der Waals surface area contributed by atoms with E-state index in [1.165, 1.54) is 19.3 Å². The molecule has 1 nitrogen and oxygen atoms in total. The topological polar surface area (TPSA) is 26.0 Å². The third-order valence-corrected chi connectivity index (χ3v) is 4.17. The van der Waals surface area contributed by atoms with E-state index in [-0.39, 0.29) is 18.4 Å². The van der Waals surface area contributed by atoms with Gasteiger partial charge in [-0.05, 0) is 37.0 Å². The second-order valence-electron chi connectivity index (χ2n) is 5.23. The van der Waals surface area contributed by atoms with Gasteiger partial charge in [0.2, 0.25) is 0 Å². The lowest BCUT2D eigenvalue weighted by molar-refractivity contribution is 0.0947. The molecule has 74 valence electrons. The van der Waals surface area contributed by atoms with Gasteiger partial charge in [0.25, 0.3) is 5.92 Å². The Morgan fingerprint density at radius 1 is 1.31 bits per heavy atom. The van der Waals surface area contributed by atoms with Crippen molar-refractivity contribution in [1.82, 2.24) is 0 Å². The van der Waals surface area contributed by atoms with Crippen LogP contribution in [-0.2, 0) is 0 Å². The van der Waals surface area contributed by atoms with Gasteiger partial charge >= 0.3 is 0 Å². The molecule has 3 rings (SSSR count). The van der Waals surface area contributed by atoms with Gasteiger partial charge in [0.15, 0.2) is 0 Å². The van der Waals surface area contributed by atoms with E-state index in [1.807, 2.05) is 0 Å². The maximum Gasteiger partial charge on any atom is 0.251 e. The molecule has 3 saturated carbocycles. The lowest BCUT2D eigenvalue weighted by Crippen LogP contribution is -2.25. The molecule has 0 bridgehead atoms. The van der Waals surface area contributed by atoms with Gasteiger partial charge in [-0.2, -0.15) is 0 Å². The fourth-order valence-electron chi connectivity index (χ4n) is 2.74. The number of rotatable bonds is 3. The average Bonchev–Trinajstić information content (AvgIpc) is 2.90. The quantitative estimate of drug-likeness (QED) is 0.719. The molecule has 3 atom stereocenters. The van der Waals surface area contributed by atoms with Gasteiger partial charge in [0.05, 0.1) is 0 Å². The molecule has 0 aromatic carbocycles. The van der Waals surface area contributed by atoms with Crippen molar-refractivity contribution in [3.05, 3.63) is 0 Å². The van der Waals surface area contributed by atoms with Crippen molar-refractivity contribution in [1.29, 1.82) is 0 Å². The molecule has 3 aliphatic carbocycles. The zero-order chi connectivity index (χ0) is 9.27. The van der Waals surface area contributed by atoms with Crippen LogP contribution in [0.3, 0.4) is 0 Å². The summed E-state index contributed by atoms with van der Waals surface area (Å²) in [6, 6.07) is 0.0564. The van der Waals surface area contributed by atoms with Crippen LogP contribution in [0.4, 0.5) is 8.78 Å². The number of hydrogen-bond acceptors (Lipinski definition) is 1. The Balaban J connectivity index is 1.51. The van der Waals surface area contributed by atoms with E-state index in [4.69, 9.17) is 5.73 Å². The fraction of sp³-hybridized carbons (Fsp3) is 1.00. The van der Waals surface area contributed by atoms with E-state index in [2.05, 4.69) is 0 Å². The van der Waals surface area contributed by atoms with Crippen LogP contribution in [-0.4, -0.2) is 12.0 Å². The first-order valence-electron chi connectivity index (χ1n) is 5.17. The van der Waals surface area contributed by atoms with Crippen LogP contribution < -0.4 is 5.73 Å². The first-order chi connectivity index (χ1) is 6.04. The summed E-state index contributed by atoms with van der Waals surface area (Å²) in [7, 11) is 0. The Labute approximate surface area is 76.7 Å². The molecular formula is C10H15F2N. The maximum absolute atomic E-state index is 12.6. The number of nitrogens with two attached hydrogens (primary N) is 1. The summed E-state index contributed by atoms with van der Waals surface area (Å²) in [5, 5.41) is 0. The van der Waals surface area contributed by atoms with E-state index in [0.29, 0.717) is 17.8 Å². The highest BCUT2D eigenvalue weighted by molar-refractivity contribution is 5.16. The third-order valence-electron chi connectivity index (χ3n) is 4.17. The highest BCUT2D eigenvalue weighted by Gasteiger charge is 2.66. The number of alkyl halides is 2. The summed E-state index contributed by atoms with van der Waals surface area (Å²) in [4.78, 5) is 0. The van der Waals surface area contributed by atoms with Gasteiger partial charge in [0, 0.05) is 18.4 Å². The van der Waals surface area contributed by atoms with Gasteiger partial charge in [-0.15, -0.1) is 0 Å². The summed E-state index contributed by atoms with van der Waals surface area (Å²) in [5.41, 5.74) is 6.48. The Morgan fingerprint density at radius 3 is 2.31 bits per heavy atom. The smallest absolute Gasteiger partial charge is 0.251 e. The minimum atomic E-state index is -2.37. The Hall–Kier alpha value is -0.180. The second-order valence-corrected chi connectivity index (χ2v) is 5.23. The first-order valence-corrected chi connectivity index (χ1v) is 5.17. The fourth-order valence-corrected chi connectivity index (χ4v) is 2.74. The molecule has 0 amide bonds. The van der Waals surface area contributed by atoms with E-state index >= 15 is 0 Å². The van der Waals surface area contributed by atoms with E-state index < -0.39 is 5.92 Å². The van der Waals surface area contributed by atoms with E-state index in [0.717, 1.165) is 0 Å². The zero-order valence-electron chi connectivity index (χ0n) is 7.60. The molecule has 2 N–H and O–H groups in total. The van der Waals surface area contributed by atoms with Crippen molar-refractivity contribution < 1.29 is 8.78 Å². The molecule has 3 fully saturated rings. The zero-order valence-corrected chi connectivity index (χ0v) is 7.60. The lowest BCUT2D eigenvalue weighted by Gasteiger charge is -2.09. The van der Waals surface area contributed by atoms with E-state index in [1.54, 1.807) is 0 Å². The Kier molecular flexibility index (Phi) is 1.30. The summed E-state index contributed by atoms with van der Waals surface area (Å²) in [6.45, 7) is 0. The van der Waals surface area contributed by atoms with Crippen molar-refractivity contribution in [2.75, 3.05) is 0 Å². The lowest BCUT2D eigenvalue weighted by atomic mass is 10.0. The monoisotopic (exact) mass is 187 g/mol. The van der Waals surface area contributed by atoms with Gasteiger partial charge < -0.3 is 5.73 Å². The summed E-state index contributed by atoms with van der Waals surface area (Å²) < 4.78 is 25.2. The molecule has 3 aliphatic rings. The molecule has 3 unspecified atom stereocenters. The standard InChI is InChI=1S/C10H15F2N/c11-10(12)4-6(10)3-8(13)7-5-9(7)1-2-9/h6-8H,1-5,13H2. The summed E-state index contributed by atoms with van der Waals surface area (Å²) in [5.74, 6) is -2.17. The predicted molar refractivity (Wildman–Crippen MR) is 45.4 cm³/mol. The average molecular weight is 187 g/mol. The van der Waals surface area contributed by atoms with Crippen LogP contribution in [0.25, 0.3) is 0 Å². The highest BCUT2D eigenvalue weighted by atomic mass is 19.3. The van der Waals surface area contributed by atoms with Crippen molar-refractivity contribution in [3.63, 3.8) is 0 Å². The van der Waals surface area contributed by atoms with Crippen LogP contribution in [0.2, 0.25) is 0 Å². The third kappa shape index (κ3) is 1.20. The van der Waals surface area contributed by atoms with E-state index in [9.17, 15) is 8.78 Å². The number of hydrogen-bond donors (Lipinski definition) is 1. The van der Waals surface area contributed by atoms with Gasteiger partial charge in [-0.1, -0.05) is 0 Å². The van der Waals surface area contributed by atoms with Crippen molar-refractivity contribution in [2.45, 2.75) is 44.1 Å². The molecule has 0 aliphatic heterocycles. The largest absolute Gasteiger partial charge is 0.327 e. The minimum absolute atomic E-state index is 0.0564. The Bertz CT molecular complexity index is 247.